The number of anilines is 1. The molecule has 0 heterocycles. The standard InChI is InChI=1S/C13H20N2O2/c1-3-13(2,8-9-16)15-12(17)10-6-4-5-7-11(10)14/h4-7,16H,3,8-9,14H2,1-2H3,(H,15,17). The van der Waals surface area contributed by atoms with Crippen molar-refractivity contribution in [1.29, 1.82) is 0 Å². The minimum atomic E-state index is -0.395. The highest BCUT2D eigenvalue weighted by Gasteiger charge is 2.24. The average Bonchev–Trinajstić information content (AvgIpc) is 2.29. The molecule has 1 aromatic rings. The summed E-state index contributed by atoms with van der Waals surface area (Å²) in [4.78, 5) is 12.0. The summed E-state index contributed by atoms with van der Waals surface area (Å²) in [6, 6.07) is 6.96. The molecule has 4 heteroatoms. The minimum absolute atomic E-state index is 0.0505. The number of nitrogen functional groups attached to an aromatic ring is 1. The van der Waals surface area contributed by atoms with E-state index < -0.39 is 5.54 Å². The van der Waals surface area contributed by atoms with Gasteiger partial charge in [0, 0.05) is 17.8 Å². The molecule has 1 aromatic carbocycles. The number of carbonyl (C=O) groups excluding carboxylic acids is 1. The lowest BCUT2D eigenvalue weighted by atomic mass is 9.94. The lowest BCUT2D eigenvalue weighted by Gasteiger charge is -2.29. The highest BCUT2D eigenvalue weighted by molar-refractivity contribution is 5.99. The number of hydrogen-bond acceptors (Lipinski definition) is 3. The van der Waals surface area contributed by atoms with Gasteiger partial charge in [0.1, 0.15) is 0 Å². The quantitative estimate of drug-likeness (QED) is 0.679. The van der Waals surface area contributed by atoms with E-state index in [0.29, 0.717) is 17.7 Å². The van der Waals surface area contributed by atoms with E-state index in [-0.39, 0.29) is 12.5 Å². The van der Waals surface area contributed by atoms with Crippen molar-refractivity contribution >= 4 is 11.6 Å². The van der Waals surface area contributed by atoms with Gasteiger partial charge in [-0.1, -0.05) is 19.1 Å². The Labute approximate surface area is 102 Å². The van der Waals surface area contributed by atoms with Crippen LogP contribution in [-0.4, -0.2) is 23.2 Å². The van der Waals surface area contributed by atoms with Crippen LogP contribution in [0.4, 0.5) is 5.69 Å². The Kier molecular flexibility index (Phi) is 4.52. The Balaban J connectivity index is 2.82. The predicted molar refractivity (Wildman–Crippen MR) is 68.7 cm³/mol. The Hall–Kier alpha value is -1.55. The van der Waals surface area contributed by atoms with Crippen molar-refractivity contribution in [3.63, 3.8) is 0 Å². The van der Waals surface area contributed by atoms with Crippen LogP contribution in [0.5, 0.6) is 0 Å². The second-order valence-electron chi connectivity index (χ2n) is 4.43. The van der Waals surface area contributed by atoms with Gasteiger partial charge >= 0.3 is 0 Å². The zero-order valence-electron chi connectivity index (χ0n) is 10.4. The van der Waals surface area contributed by atoms with Crippen molar-refractivity contribution in [2.45, 2.75) is 32.2 Å². The summed E-state index contributed by atoms with van der Waals surface area (Å²) in [6.45, 7) is 3.94. The molecule has 0 radical (unpaired) electrons. The van der Waals surface area contributed by atoms with Crippen molar-refractivity contribution in [1.82, 2.24) is 5.32 Å². The lowest BCUT2D eigenvalue weighted by molar-refractivity contribution is 0.0887. The van der Waals surface area contributed by atoms with Crippen LogP contribution in [0.1, 0.15) is 37.0 Å². The first-order chi connectivity index (χ1) is 8.02. The normalized spacial score (nSPS) is 14.1. The number of hydrogen-bond donors (Lipinski definition) is 3. The van der Waals surface area contributed by atoms with E-state index in [9.17, 15) is 4.79 Å². The molecule has 0 spiro atoms. The fourth-order valence-electron chi connectivity index (χ4n) is 1.62. The smallest absolute Gasteiger partial charge is 0.253 e. The number of nitrogens with one attached hydrogen (secondary N) is 1. The maximum Gasteiger partial charge on any atom is 0.253 e. The molecule has 1 atom stereocenters. The van der Waals surface area contributed by atoms with E-state index in [1.54, 1.807) is 24.3 Å². The number of aliphatic hydroxyl groups is 1. The molecule has 0 saturated heterocycles. The van der Waals surface area contributed by atoms with Gasteiger partial charge in [0.25, 0.3) is 5.91 Å². The summed E-state index contributed by atoms with van der Waals surface area (Å²) in [6.07, 6.45) is 1.29. The summed E-state index contributed by atoms with van der Waals surface area (Å²) in [5, 5.41) is 11.9. The second kappa shape index (κ2) is 5.68. The van der Waals surface area contributed by atoms with Crippen LogP contribution in [0.2, 0.25) is 0 Å². The van der Waals surface area contributed by atoms with Crippen molar-refractivity contribution in [2.24, 2.45) is 0 Å². The number of nitrogens with two attached hydrogens (primary N) is 1. The highest BCUT2D eigenvalue weighted by Crippen LogP contribution is 2.17. The zero-order valence-corrected chi connectivity index (χ0v) is 10.4. The summed E-state index contributed by atoms with van der Waals surface area (Å²) in [7, 11) is 0. The van der Waals surface area contributed by atoms with Crippen LogP contribution < -0.4 is 11.1 Å². The third-order valence-electron chi connectivity index (χ3n) is 3.06. The fourth-order valence-corrected chi connectivity index (χ4v) is 1.62. The van der Waals surface area contributed by atoms with Gasteiger partial charge in [-0.3, -0.25) is 4.79 Å². The number of carbonyl (C=O) groups is 1. The maximum absolute atomic E-state index is 12.0. The van der Waals surface area contributed by atoms with Crippen LogP contribution in [0.25, 0.3) is 0 Å². The molecule has 0 saturated carbocycles. The first kappa shape index (κ1) is 13.5. The number of rotatable bonds is 5. The molecule has 0 aromatic heterocycles. The first-order valence-corrected chi connectivity index (χ1v) is 5.80. The first-order valence-electron chi connectivity index (χ1n) is 5.80. The molecule has 1 rings (SSSR count). The SMILES string of the molecule is CCC(C)(CCO)NC(=O)c1ccccc1N. The number of aliphatic hydroxyl groups excluding tert-OH is 1. The van der Waals surface area contributed by atoms with Gasteiger partial charge in [-0.15, -0.1) is 0 Å². The van der Waals surface area contributed by atoms with Gasteiger partial charge in [-0.25, -0.2) is 0 Å². The summed E-state index contributed by atoms with van der Waals surface area (Å²) < 4.78 is 0. The van der Waals surface area contributed by atoms with Crippen molar-refractivity contribution in [2.75, 3.05) is 12.3 Å². The van der Waals surface area contributed by atoms with Gasteiger partial charge in [-0.2, -0.15) is 0 Å². The maximum atomic E-state index is 12.0. The Bertz CT molecular complexity index is 393. The average molecular weight is 236 g/mol. The Morgan fingerprint density at radius 3 is 2.65 bits per heavy atom. The van der Waals surface area contributed by atoms with Crippen LogP contribution in [0, 0.1) is 0 Å². The van der Waals surface area contributed by atoms with Gasteiger partial charge < -0.3 is 16.2 Å². The second-order valence-corrected chi connectivity index (χ2v) is 4.43. The van der Waals surface area contributed by atoms with Crippen LogP contribution >= 0.6 is 0 Å². The van der Waals surface area contributed by atoms with Crippen LogP contribution in [-0.2, 0) is 0 Å². The van der Waals surface area contributed by atoms with E-state index in [2.05, 4.69) is 5.32 Å². The minimum Gasteiger partial charge on any atom is -0.398 e. The van der Waals surface area contributed by atoms with Crippen molar-refractivity contribution in [3.05, 3.63) is 29.8 Å². The van der Waals surface area contributed by atoms with E-state index >= 15 is 0 Å². The zero-order chi connectivity index (χ0) is 12.9. The topological polar surface area (TPSA) is 75.3 Å². The monoisotopic (exact) mass is 236 g/mol. The molecule has 94 valence electrons. The molecule has 1 amide bonds. The molecule has 4 nitrogen and oxygen atoms in total. The van der Waals surface area contributed by atoms with Crippen LogP contribution in [0.3, 0.4) is 0 Å². The van der Waals surface area contributed by atoms with Gasteiger partial charge in [-0.05, 0) is 31.9 Å². The van der Waals surface area contributed by atoms with Crippen molar-refractivity contribution in [3.8, 4) is 0 Å². The third kappa shape index (κ3) is 3.46. The molecule has 0 bridgehead atoms. The molecule has 0 fully saturated rings. The molecule has 0 aliphatic carbocycles. The van der Waals surface area contributed by atoms with Crippen LogP contribution in [0.15, 0.2) is 24.3 Å². The number of benzene rings is 1. The van der Waals surface area contributed by atoms with E-state index in [4.69, 9.17) is 10.8 Å². The molecule has 17 heavy (non-hydrogen) atoms. The fraction of sp³-hybridized carbons (Fsp3) is 0.462. The largest absolute Gasteiger partial charge is 0.398 e. The lowest BCUT2D eigenvalue weighted by Crippen LogP contribution is -2.46. The molecule has 0 aliphatic rings. The molecule has 4 N–H and O–H groups in total. The molecular weight excluding hydrogens is 216 g/mol. The van der Waals surface area contributed by atoms with Gasteiger partial charge in [0.15, 0.2) is 0 Å². The van der Waals surface area contributed by atoms with Gasteiger partial charge in [0.2, 0.25) is 0 Å². The predicted octanol–water partition coefficient (Wildman–Crippen LogP) is 1.55. The molecule has 0 aliphatic heterocycles. The van der Waals surface area contributed by atoms with Gasteiger partial charge in [0.05, 0.1) is 5.56 Å². The molecular formula is C13H20N2O2. The van der Waals surface area contributed by atoms with E-state index in [1.165, 1.54) is 0 Å². The van der Waals surface area contributed by atoms with Crippen molar-refractivity contribution < 1.29 is 9.90 Å². The Morgan fingerprint density at radius 2 is 2.12 bits per heavy atom. The summed E-state index contributed by atoms with van der Waals surface area (Å²) in [5.41, 5.74) is 6.29. The van der Waals surface area contributed by atoms with E-state index in [0.717, 1.165) is 6.42 Å². The number of amides is 1. The third-order valence-corrected chi connectivity index (χ3v) is 3.06. The summed E-state index contributed by atoms with van der Waals surface area (Å²) >= 11 is 0. The summed E-state index contributed by atoms with van der Waals surface area (Å²) in [5.74, 6) is -0.194. The van der Waals surface area contributed by atoms with E-state index in [1.807, 2.05) is 13.8 Å². The number of para-hydroxylation sites is 1. The molecule has 1 unspecified atom stereocenters. The Morgan fingerprint density at radius 1 is 1.47 bits per heavy atom. The highest BCUT2D eigenvalue weighted by atomic mass is 16.3.